The zero-order chi connectivity index (χ0) is 11.3. The number of hydrogen-bond donors (Lipinski definition) is 0. The molecule has 0 radical (unpaired) electrons. The summed E-state index contributed by atoms with van der Waals surface area (Å²) in [5.41, 5.74) is 0.419. The van der Waals surface area contributed by atoms with Gasteiger partial charge in [-0.15, -0.1) is 0 Å². The van der Waals surface area contributed by atoms with Crippen molar-refractivity contribution in [1.29, 1.82) is 0 Å². The number of hydrogen-bond acceptors (Lipinski definition) is 3. The number of benzene rings is 1. The molecule has 0 aliphatic rings. The highest BCUT2D eigenvalue weighted by molar-refractivity contribution is 9.10. The van der Waals surface area contributed by atoms with Crippen molar-refractivity contribution in [3.8, 4) is 0 Å². The Kier molecular flexibility index (Phi) is 1.94. The summed E-state index contributed by atoms with van der Waals surface area (Å²) in [5, 5.41) is 1.67. The molecule has 4 heteroatoms. The minimum absolute atomic E-state index is 0.281. The highest BCUT2D eigenvalue weighted by Crippen LogP contribution is 2.27. The molecule has 1 aromatic carbocycles. The summed E-state index contributed by atoms with van der Waals surface area (Å²) in [4.78, 5) is 11.6. The lowest BCUT2D eigenvalue weighted by Gasteiger charge is -1.97. The van der Waals surface area contributed by atoms with E-state index in [1.165, 1.54) is 0 Å². The molecule has 3 nitrogen and oxygen atoms in total. The van der Waals surface area contributed by atoms with Crippen molar-refractivity contribution in [2.45, 2.75) is 6.92 Å². The predicted octanol–water partition coefficient (Wildman–Crippen LogP) is 3.61. The van der Waals surface area contributed by atoms with Crippen molar-refractivity contribution in [2.75, 3.05) is 0 Å². The van der Waals surface area contributed by atoms with E-state index in [0.717, 1.165) is 15.2 Å². The Morgan fingerprint density at radius 3 is 2.75 bits per heavy atom. The Balaban J connectivity index is 2.65. The standard InChI is InChI=1S/C12H7BrO3/c1-6-4-9-8-5-7(13)2-3-10(8)16-12(14)11(9)15-6/h2-5H,1H3. The summed E-state index contributed by atoms with van der Waals surface area (Å²) in [6, 6.07) is 7.36. The van der Waals surface area contributed by atoms with E-state index in [4.69, 9.17) is 8.83 Å². The van der Waals surface area contributed by atoms with Gasteiger partial charge in [0.2, 0.25) is 5.58 Å². The lowest BCUT2D eigenvalue weighted by atomic mass is 10.1. The van der Waals surface area contributed by atoms with Gasteiger partial charge in [0.1, 0.15) is 11.3 Å². The van der Waals surface area contributed by atoms with E-state index in [1.807, 2.05) is 25.1 Å². The van der Waals surface area contributed by atoms with Crippen molar-refractivity contribution in [3.05, 3.63) is 44.9 Å². The fourth-order valence-corrected chi connectivity index (χ4v) is 2.17. The summed E-state index contributed by atoms with van der Waals surface area (Å²) in [6.07, 6.45) is 0. The van der Waals surface area contributed by atoms with Crippen molar-refractivity contribution >= 4 is 37.9 Å². The zero-order valence-corrected chi connectivity index (χ0v) is 10.00. The minimum Gasteiger partial charge on any atom is -0.454 e. The van der Waals surface area contributed by atoms with E-state index in [2.05, 4.69) is 15.9 Å². The molecule has 0 spiro atoms. The largest absolute Gasteiger partial charge is 0.454 e. The maximum absolute atomic E-state index is 11.6. The molecule has 0 bridgehead atoms. The van der Waals surface area contributed by atoms with Crippen LogP contribution < -0.4 is 5.63 Å². The Hall–Kier alpha value is -1.55. The summed E-state index contributed by atoms with van der Waals surface area (Å²) in [6.45, 7) is 1.81. The topological polar surface area (TPSA) is 43.4 Å². The maximum Gasteiger partial charge on any atom is 0.380 e. The molecule has 3 rings (SSSR count). The molecular formula is C12H7BrO3. The van der Waals surface area contributed by atoms with Crippen LogP contribution in [0.5, 0.6) is 0 Å². The van der Waals surface area contributed by atoms with Crippen LogP contribution in [0.3, 0.4) is 0 Å². The third kappa shape index (κ3) is 1.30. The quantitative estimate of drug-likeness (QED) is 0.590. The van der Waals surface area contributed by atoms with Crippen molar-refractivity contribution < 1.29 is 8.83 Å². The van der Waals surface area contributed by atoms with Gasteiger partial charge in [-0.3, -0.25) is 0 Å². The molecule has 0 amide bonds. The molecule has 2 heterocycles. The van der Waals surface area contributed by atoms with Gasteiger partial charge in [-0.25, -0.2) is 4.79 Å². The maximum atomic E-state index is 11.6. The number of aryl methyl sites for hydroxylation is 1. The molecule has 3 aromatic rings. The monoisotopic (exact) mass is 278 g/mol. The second-order valence-corrected chi connectivity index (χ2v) is 4.55. The second-order valence-electron chi connectivity index (χ2n) is 3.63. The fourth-order valence-electron chi connectivity index (χ4n) is 1.81. The lowest BCUT2D eigenvalue weighted by molar-refractivity contribution is 0.520. The Morgan fingerprint density at radius 2 is 1.94 bits per heavy atom. The molecule has 0 fully saturated rings. The fraction of sp³-hybridized carbons (Fsp3) is 0.0833. The van der Waals surface area contributed by atoms with Gasteiger partial charge in [0, 0.05) is 15.2 Å². The van der Waals surface area contributed by atoms with Crippen LogP contribution in [0.25, 0.3) is 21.9 Å². The molecule has 80 valence electrons. The van der Waals surface area contributed by atoms with Gasteiger partial charge in [-0.2, -0.15) is 0 Å². The van der Waals surface area contributed by atoms with E-state index >= 15 is 0 Å². The normalized spacial score (nSPS) is 11.4. The van der Waals surface area contributed by atoms with Gasteiger partial charge >= 0.3 is 5.63 Å². The Labute approximate surface area is 98.8 Å². The van der Waals surface area contributed by atoms with Crippen molar-refractivity contribution in [2.24, 2.45) is 0 Å². The Bertz CT molecular complexity index is 752. The second kappa shape index (κ2) is 3.22. The smallest absolute Gasteiger partial charge is 0.380 e. The summed E-state index contributed by atoms with van der Waals surface area (Å²) < 4.78 is 11.4. The van der Waals surface area contributed by atoms with E-state index in [9.17, 15) is 4.79 Å². The van der Waals surface area contributed by atoms with E-state index < -0.39 is 5.63 Å². The number of rotatable bonds is 0. The minimum atomic E-state index is -0.432. The van der Waals surface area contributed by atoms with Crippen LogP contribution in [0.1, 0.15) is 5.76 Å². The van der Waals surface area contributed by atoms with E-state index in [-0.39, 0.29) is 5.58 Å². The predicted molar refractivity (Wildman–Crippen MR) is 64.7 cm³/mol. The average molecular weight is 279 g/mol. The first-order chi connectivity index (χ1) is 7.65. The van der Waals surface area contributed by atoms with Crippen LogP contribution in [0, 0.1) is 6.92 Å². The number of fused-ring (bicyclic) bond motifs is 3. The Morgan fingerprint density at radius 1 is 1.12 bits per heavy atom. The van der Waals surface area contributed by atoms with Gasteiger partial charge in [-0.05, 0) is 31.2 Å². The van der Waals surface area contributed by atoms with Crippen LogP contribution in [0.4, 0.5) is 0 Å². The van der Waals surface area contributed by atoms with Gasteiger partial charge in [0.15, 0.2) is 0 Å². The number of halogens is 1. The highest BCUT2D eigenvalue weighted by Gasteiger charge is 2.11. The average Bonchev–Trinajstić information content (AvgIpc) is 2.62. The molecule has 0 unspecified atom stereocenters. The third-order valence-corrected chi connectivity index (χ3v) is 2.97. The van der Waals surface area contributed by atoms with Crippen molar-refractivity contribution in [3.63, 3.8) is 0 Å². The summed E-state index contributed by atoms with van der Waals surface area (Å²) in [7, 11) is 0. The molecule has 0 saturated carbocycles. The molecule has 16 heavy (non-hydrogen) atoms. The molecule has 0 N–H and O–H groups in total. The van der Waals surface area contributed by atoms with Crippen LogP contribution >= 0.6 is 15.9 Å². The summed E-state index contributed by atoms with van der Waals surface area (Å²) in [5.74, 6) is 0.703. The van der Waals surface area contributed by atoms with Gasteiger partial charge < -0.3 is 8.83 Å². The van der Waals surface area contributed by atoms with Gasteiger partial charge in [0.05, 0.1) is 0 Å². The van der Waals surface area contributed by atoms with Crippen LogP contribution in [-0.4, -0.2) is 0 Å². The third-order valence-electron chi connectivity index (χ3n) is 2.48. The van der Waals surface area contributed by atoms with E-state index in [0.29, 0.717) is 11.3 Å². The van der Waals surface area contributed by atoms with E-state index in [1.54, 1.807) is 6.07 Å². The van der Waals surface area contributed by atoms with Crippen LogP contribution in [0.15, 0.2) is 42.4 Å². The molecule has 0 aliphatic heterocycles. The van der Waals surface area contributed by atoms with Crippen LogP contribution in [0.2, 0.25) is 0 Å². The SMILES string of the molecule is Cc1cc2c(o1)c(=O)oc1ccc(Br)cc12. The zero-order valence-electron chi connectivity index (χ0n) is 8.41. The molecule has 0 aliphatic carbocycles. The summed E-state index contributed by atoms with van der Waals surface area (Å²) >= 11 is 3.39. The molecule has 0 saturated heterocycles. The molecule has 0 atom stereocenters. The number of furan rings is 1. The first-order valence-corrected chi connectivity index (χ1v) is 5.57. The first kappa shape index (κ1) is 9.66. The van der Waals surface area contributed by atoms with Crippen LogP contribution in [-0.2, 0) is 0 Å². The van der Waals surface area contributed by atoms with Gasteiger partial charge in [0.25, 0.3) is 0 Å². The molecular weight excluding hydrogens is 272 g/mol. The van der Waals surface area contributed by atoms with Crippen molar-refractivity contribution in [1.82, 2.24) is 0 Å². The molecule has 2 aromatic heterocycles. The first-order valence-electron chi connectivity index (χ1n) is 4.77. The lowest BCUT2D eigenvalue weighted by Crippen LogP contribution is -1.97. The van der Waals surface area contributed by atoms with Gasteiger partial charge in [-0.1, -0.05) is 15.9 Å². The highest BCUT2D eigenvalue weighted by atomic mass is 79.9.